The maximum absolute atomic E-state index is 13.5. The number of rotatable bonds is 6. The number of Topliss-reactive ketones (excluding diaryl/α,β-unsaturated/α-hetero) is 1. The summed E-state index contributed by atoms with van der Waals surface area (Å²) in [5, 5.41) is 1.32. The fraction of sp³-hybridized carbons (Fsp3) is 0.174. The number of methoxy groups -OCH3 is 1. The Bertz CT molecular complexity index is 1360. The van der Waals surface area contributed by atoms with Gasteiger partial charge in [0.25, 0.3) is 5.56 Å². The Morgan fingerprint density at radius 2 is 2.00 bits per heavy atom. The fourth-order valence-electron chi connectivity index (χ4n) is 3.38. The van der Waals surface area contributed by atoms with E-state index < -0.39 is 0 Å². The zero-order valence-electron chi connectivity index (χ0n) is 17.3. The van der Waals surface area contributed by atoms with Crippen LogP contribution in [0.15, 0.2) is 64.7 Å². The molecule has 2 aromatic carbocycles. The van der Waals surface area contributed by atoms with Gasteiger partial charge in [0, 0.05) is 18.3 Å². The Morgan fingerprint density at radius 3 is 2.71 bits per heavy atom. The molecule has 0 fully saturated rings. The van der Waals surface area contributed by atoms with E-state index in [4.69, 9.17) is 16.3 Å². The van der Waals surface area contributed by atoms with Gasteiger partial charge in [-0.25, -0.2) is 4.98 Å². The van der Waals surface area contributed by atoms with E-state index in [1.165, 1.54) is 16.3 Å². The van der Waals surface area contributed by atoms with Crippen molar-refractivity contribution in [3.8, 4) is 11.4 Å². The molecule has 31 heavy (non-hydrogen) atoms. The third-order valence-corrected chi connectivity index (χ3v) is 6.11. The number of benzene rings is 2. The lowest BCUT2D eigenvalue weighted by Crippen LogP contribution is -2.23. The average molecular weight is 454 g/mol. The van der Waals surface area contributed by atoms with Crippen LogP contribution in [0.2, 0.25) is 5.02 Å². The third kappa shape index (κ3) is 4.11. The minimum atomic E-state index is -0.251. The van der Waals surface area contributed by atoms with Gasteiger partial charge in [-0.3, -0.25) is 14.2 Å². The van der Waals surface area contributed by atoms with E-state index in [-0.39, 0.29) is 17.1 Å². The zero-order valence-corrected chi connectivity index (χ0v) is 18.8. The van der Waals surface area contributed by atoms with Gasteiger partial charge in [0.15, 0.2) is 10.9 Å². The molecule has 4 rings (SSSR count). The molecule has 0 N–H and O–H groups in total. The number of nitrogens with zero attached hydrogens (tertiary/aromatic N) is 3. The molecule has 2 aromatic heterocycles. The van der Waals surface area contributed by atoms with Crippen LogP contribution < -0.4 is 10.3 Å². The van der Waals surface area contributed by atoms with E-state index in [0.717, 1.165) is 5.56 Å². The molecular weight excluding hydrogens is 434 g/mol. The maximum atomic E-state index is 13.5. The van der Waals surface area contributed by atoms with Crippen molar-refractivity contribution in [2.24, 2.45) is 7.05 Å². The number of aromatic nitrogens is 3. The molecule has 158 valence electrons. The molecule has 0 saturated heterocycles. The van der Waals surface area contributed by atoms with E-state index in [9.17, 15) is 9.59 Å². The quantitative estimate of drug-likeness (QED) is 0.241. The largest absolute Gasteiger partial charge is 0.495 e. The number of carbonyl (C=O) groups is 1. The first-order chi connectivity index (χ1) is 14.9. The van der Waals surface area contributed by atoms with E-state index >= 15 is 0 Å². The third-order valence-electron chi connectivity index (χ3n) is 4.94. The summed E-state index contributed by atoms with van der Waals surface area (Å²) in [6.07, 6.45) is 1.82. The number of carbonyl (C=O) groups excluding carboxylic acids is 1. The summed E-state index contributed by atoms with van der Waals surface area (Å²) in [5.74, 6) is 0.615. The maximum Gasteiger partial charge on any atom is 0.266 e. The predicted molar refractivity (Wildman–Crippen MR) is 124 cm³/mol. The SMILES string of the molecule is COc1ccc(C)cc1-n1c(SCC(=O)c2cccn2C)nc2cc(Cl)ccc2c1=O. The zero-order chi connectivity index (χ0) is 22.1. The van der Waals surface area contributed by atoms with E-state index in [0.29, 0.717) is 38.2 Å². The van der Waals surface area contributed by atoms with Gasteiger partial charge < -0.3 is 9.30 Å². The summed E-state index contributed by atoms with van der Waals surface area (Å²) >= 11 is 7.34. The van der Waals surface area contributed by atoms with Crippen molar-refractivity contribution in [3.05, 3.63) is 81.4 Å². The molecule has 8 heteroatoms. The first-order valence-electron chi connectivity index (χ1n) is 9.53. The standard InChI is InChI=1S/C23H20ClN3O3S/c1-14-6-9-21(30-3)19(11-14)27-22(29)16-8-7-15(24)12-17(16)25-23(27)31-13-20(28)18-5-4-10-26(18)2/h4-12H,13H2,1-3H3. The molecule has 0 bridgehead atoms. The van der Waals surface area contributed by atoms with Crippen LogP contribution in [-0.2, 0) is 7.05 Å². The molecule has 0 unspecified atom stereocenters. The summed E-state index contributed by atoms with van der Waals surface area (Å²) in [4.78, 5) is 30.9. The number of hydrogen-bond acceptors (Lipinski definition) is 5. The van der Waals surface area contributed by atoms with Crippen molar-refractivity contribution < 1.29 is 9.53 Å². The Balaban J connectivity index is 1.87. The van der Waals surface area contributed by atoms with Crippen LogP contribution in [0.25, 0.3) is 16.6 Å². The van der Waals surface area contributed by atoms with Gasteiger partial charge in [0.1, 0.15) is 5.75 Å². The van der Waals surface area contributed by atoms with Gasteiger partial charge in [0.2, 0.25) is 0 Å². The van der Waals surface area contributed by atoms with Crippen LogP contribution >= 0.6 is 23.4 Å². The molecule has 0 amide bonds. The Hall–Kier alpha value is -3.03. The summed E-state index contributed by atoms with van der Waals surface area (Å²) in [6, 6.07) is 14.2. The number of ether oxygens (including phenoxy) is 1. The van der Waals surface area contributed by atoms with Gasteiger partial charge in [0.05, 0.1) is 35.1 Å². The van der Waals surface area contributed by atoms with Crippen molar-refractivity contribution in [2.45, 2.75) is 12.1 Å². The first kappa shape index (κ1) is 21.2. The molecule has 2 heterocycles. The Labute approximate surface area is 188 Å². The van der Waals surface area contributed by atoms with Gasteiger partial charge in [-0.15, -0.1) is 0 Å². The van der Waals surface area contributed by atoms with Crippen LogP contribution in [0.3, 0.4) is 0 Å². The number of aryl methyl sites for hydroxylation is 2. The van der Waals surface area contributed by atoms with Crippen molar-refractivity contribution >= 4 is 40.0 Å². The molecular formula is C23H20ClN3O3S. The number of fused-ring (bicyclic) bond motifs is 1. The minimum absolute atomic E-state index is 0.0549. The van der Waals surface area contributed by atoms with Crippen LogP contribution in [0, 0.1) is 6.92 Å². The number of thioether (sulfide) groups is 1. The van der Waals surface area contributed by atoms with Crippen LogP contribution in [-0.4, -0.2) is 32.8 Å². The predicted octanol–water partition coefficient (Wildman–Crippen LogP) is 4.67. The molecule has 0 radical (unpaired) electrons. The number of ketones is 1. The molecule has 0 aliphatic heterocycles. The normalized spacial score (nSPS) is 11.1. The summed E-state index contributed by atoms with van der Waals surface area (Å²) < 4.78 is 8.78. The lowest BCUT2D eigenvalue weighted by Gasteiger charge is -2.16. The van der Waals surface area contributed by atoms with Crippen LogP contribution in [0.1, 0.15) is 16.1 Å². The summed E-state index contributed by atoms with van der Waals surface area (Å²) in [7, 11) is 3.38. The second kappa shape index (κ2) is 8.61. The Kier molecular flexibility index (Phi) is 5.89. The summed E-state index contributed by atoms with van der Waals surface area (Å²) in [5.41, 5.74) is 2.37. The molecule has 0 spiro atoms. The minimum Gasteiger partial charge on any atom is -0.495 e. The topological polar surface area (TPSA) is 66.1 Å². The second-order valence-corrected chi connectivity index (χ2v) is 8.47. The fourth-order valence-corrected chi connectivity index (χ4v) is 4.43. The highest BCUT2D eigenvalue weighted by molar-refractivity contribution is 7.99. The highest BCUT2D eigenvalue weighted by atomic mass is 35.5. The lowest BCUT2D eigenvalue weighted by molar-refractivity contribution is 0.101. The van der Waals surface area contributed by atoms with Crippen molar-refractivity contribution in [3.63, 3.8) is 0 Å². The van der Waals surface area contributed by atoms with Crippen molar-refractivity contribution in [2.75, 3.05) is 12.9 Å². The van der Waals surface area contributed by atoms with Crippen molar-refractivity contribution in [1.82, 2.24) is 14.1 Å². The second-order valence-electron chi connectivity index (χ2n) is 7.09. The van der Waals surface area contributed by atoms with Crippen molar-refractivity contribution in [1.29, 1.82) is 0 Å². The average Bonchev–Trinajstić information content (AvgIpc) is 3.17. The van der Waals surface area contributed by atoms with E-state index in [1.54, 1.807) is 35.9 Å². The molecule has 0 atom stereocenters. The number of hydrogen-bond donors (Lipinski definition) is 0. The molecule has 0 saturated carbocycles. The van der Waals surface area contributed by atoms with Gasteiger partial charge in [-0.1, -0.05) is 29.4 Å². The molecule has 0 aliphatic carbocycles. The van der Waals surface area contributed by atoms with Gasteiger partial charge in [-0.05, 0) is 55.0 Å². The highest BCUT2D eigenvalue weighted by Crippen LogP contribution is 2.29. The lowest BCUT2D eigenvalue weighted by atomic mass is 10.2. The van der Waals surface area contributed by atoms with Crippen LogP contribution in [0.4, 0.5) is 0 Å². The van der Waals surface area contributed by atoms with E-state index in [1.807, 2.05) is 44.4 Å². The van der Waals surface area contributed by atoms with Gasteiger partial charge in [-0.2, -0.15) is 0 Å². The molecule has 0 aliphatic rings. The monoisotopic (exact) mass is 453 g/mol. The molecule has 4 aromatic rings. The summed E-state index contributed by atoms with van der Waals surface area (Å²) in [6.45, 7) is 1.94. The molecule has 6 nitrogen and oxygen atoms in total. The smallest absolute Gasteiger partial charge is 0.266 e. The number of halogens is 1. The first-order valence-corrected chi connectivity index (χ1v) is 10.9. The van der Waals surface area contributed by atoms with E-state index in [2.05, 4.69) is 4.98 Å². The van der Waals surface area contributed by atoms with Gasteiger partial charge >= 0.3 is 0 Å². The Morgan fingerprint density at radius 1 is 1.19 bits per heavy atom. The highest BCUT2D eigenvalue weighted by Gasteiger charge is 2.19. The van der Waals surface area contributed by atoms with Crippen LogP contribution in [0.5, 0.6) is 5.75 Å².